The lowest BCUT2D eigenvalue weighted by molar-refractivity contribution is -0.385. The number of hydrogen-bond acceptors (Lipinski definition) is 4. The maximum absolute atomic E-state index is 11.4. The standard InChI is InChI=1S/C13H17BrN2O4/c1-4-5-13(3,12(17)18)15-10-6-8(2)11(16(19)20)7-9(10)14/h6-7,15H,4-5H2,1-3H3,(H,17,18). The lowest BCUT2D eigenvalue weighted by Gasteiger charge is -2.27. The number of nitro groups is 1. The summed E-state index contributed by atoms with van der Waals surface area (Å²) in [4.78, 5) is 21.8. The Hall–Kier alpha value is -1.63. The molecule has 6 nitrogen and oxygen atoms in total. The molecule has 2 N–H and O–H groups in total. The fourth-order valence-corrected chi connectivity index (χ4v) is 2.41. The van der Waals surface area contributed by atoms with Crippen LogP contribution in [0.15, 0.2) is 16.6 Å². The number of aliphatic carboxylic acids is 1. The van der Waals surface area contributed by atoms with E-state index in [1.165, 1.54) is 6.07 Å². The molecule has 20 heavy (non-hydrogen) atoms. The van der Waals surface area contributed by atoms with Crippen molar-refractivity contribution in [2.24, 2.45) is 0 Å². The van der Waals surface area contributed by atoms with E-state index in [4.69, 9.17) is 0 Å². The third-order valence-electron chi connectivity index (χ3n) is 3.11. The highest BCUT2D eigenvalue weighted by atomic mass is 79.9. The largest absolute Gasteiger partial charge is 0.480 e. The Balaban J connectivity index is 3.18. The fraction of sp³-hybridized carbons (Fsp3) is 0.462. The summed E-state index contributed by atoms with van der Waals surface area (Å²) in [6.07, 6.45) is 1.16. The smallest absolute Gasteiger partial charge is 0.329 e. The van der Waals surface area contributed by atoms with Gasteiger partial charge in [0.15, 0.2) is 0 Å². The van der Waals surface area contributed by atoms with Crippen molar-refractivity contribution in [3.05, 3.63) is 32.3 Å². The van der Waals surface area contributed by atoms with Crippen LogP contribution >= 0.6 is 15.9 Å². The lowest BCUT2D eigenvalue weighted by Crippen LogP contribution is -2.43. The summed E-state index contributed by atoms with van der Waals surface area (Å²) in [7, 11) is 0. The first-order valence-corrected chi connectivity index (χ1v) is 6.96. The van der Waals surface area contributed by atoms with Crippen molar-refractivity contribution >= 4 is 33.3 Å². The molecule has 110 valence electrons. The second-order valence-electron chi connectivity index (χ2n) is 4.89. The van der Waals surface area contributed by atoms with Crippen molar-refractivity contribution in [1.82, 2.24) is 0 Å². The van der Waals surface area contributed by atoms with Crippen molar-refractivity contribution in [2.45, 2.75) is 39.2 Å². The van der Waals surface area contributed by atoms with E-state index in [0.29, 0.717) is 28.6 Å². The zero-order valence-corrected chi connectivity index (χ0v) is 13.2. The summed E-state index contributed by atoms with van der Waals surface area (Å²) in [6.45, 7) is 5.12. The molecule has 0 saturated heterocycles. The van der Waals surface area contributed by atoms with E-state index in [0.717, 1.165) is 0 Å². The number of carbonyl (C=O) groups is 1. The minimum Gasteiger partial charge on any atom is -0.480 e. The second-order valence-corrected chi connectivity index (χ2v) is 5.74. The third kappa shape index (κ3) is 3.47. The van der Waals surface area contributed by atoms with Crippen LogP contribution in [-0.2, 0) is 4.79 Å². The van der Waals surface area contributed by atoms with Gasteiger partial charge in [-0.25, -0.2) is 4.79 Å². The van der Waals surface area contributed by atoms with E-state index >= 15 is 0 Å². The molecule has 0 aliphatic rings. The Bertz CT molecular complexity index is 547. The highest BCUT2D eigenvalue weighted by Crippen LogP contribution is 2.33. The van der Waals surface area contributed by atoms with E-state index in [2.05, 4.69) is 21.2 Å². The molecule has 0 bridgehead atoms. The van der Waals surface area contributed by atoms with Crippen LogP contribution in [0.3, 0.4) is 0 Å². The molecule has 1 atom stereocenters. The molecule has 0 heterocycles. The number of hydrogen-bond donors (Lipinski definition) is 2. The molecular formula is C13H17BrN2O4. The molecule has 1 rings (SSSR count). The van der Waals surface area contributed by atoms with Crippen LogP contribution in [0.2, 0.25) is 0 Å². The number of carboxylic acids is 1. The zero-order valence-electron chi connectivity index (χ0n) is 11.6. The molecule has 0 saturated carbocycles. The Labute approximate surface area is 125 Å². The molecule has 1 aromatic rings. The van der Waals surface area contributed by atoms with Crippen molar-refractivity contribution in [3.63, 3.8) is 0 Å². The monoisotopic (exact) mass is 344 g/mol. The van der Waals surface area contributed by atoms with Gasteiger partial charge >= 0.3 is 5.97 Å². The Kier molecular flexibility index (Phi) is 5.10. The second kappa shape index (κ2) is 6.21. The first kappa shape index (κ1) is 16.4. The van der Waals surface area contributed by atoms with Crippen molar-refractivity contribution in [2.75, 3.05) is 5.32 Å². The van der Waals surface area contributed by atoms with E-state index in [1.807, 2.05) is 6.92 Å². The first-order valence-electron chi connectivity index (χ1n) is 6.17. The van der Waals surface area contributed by atoms with Crippen LogP contribution in [0.1, 0.15) is 32.3 Å². The molecule has 1 unspecified atom stereocenters. The maximum Gasteiger partial charge on any atom is 0.329 e. The average Bonchev–Trinajstić information content (AvgIpc) is 2.33. The molecule has 7 heteroatoms. The quantitative estimate of drug-likeness (QED) is 0.605. The van der Waals surface area contributed by atoms with Gasteiger partial charge in [-0.2, -0.15) is 0 Å². The lowest BCUT2D eigenvalue weighted by atomic mass is 9.95. The molecular weight excluding hydrogens is 328 g/mol. The van der Waals surface area contributed by atoms with Crippen molar-refractivity contribution in [1.29, 1.82) is 0 Å². The average molecular weight is 345 g/mol. The third-order valence-corrected chi connectivity index (χ3v) is 3.77. The Morgan fingerprint density at radius 3 is 2.60 bits per heavy atom. The maximum atomic E-state index is 11.4. The number of anilines is 1. The van der Waals surface area contributed by atoms with Gasteiger partial charge < -0.3 is 10.4 Å². The summed E-state index contributed by atoms with van der Waals surface area (Å²) < 4.78 is 0.471. The summed E-state index contributed by atoms with van der Waals surface area (Å²) in [6, 6.07) is 2.96. The molecule has 0 aliphatic heterocycles. The Morgan fingerprint density at radius 1 is 1.55 bits per heavy atom. The summed E-state index contributed by atoms with van der Waals surface area (Å²) in [5, 5.41) is 23.2. The number of benzene rings is 1. The van der Waals surface area contributed by atoms with Gasteiger partial charge in [-0.15, -0.1) is 0 Å². The first-order chi connectivity index (χ1) is 9.21. The molecule has 0 spiro atoms. The predicted molar refractivity (Wildman–Crippen MR) is 80.1 cm³/mol. The van der Waals surface area contributed by atoms with Crippen LogP contribution in [0.5, 0.6) is 0 Å². The van der Waals surface area contributed by atoms with Crippen molar-refractivity contribution < 1.29 is 14.8 Å². The van der Waals surface area contributed by atoms with Gasteiger partial charge in [-0.05, 0) is 42.3 Å². The van der Waals surface area contributed by atoms with Gasteiger partial charge in [0.1, 0.15) is 5.54 Å². The molecule has 0 radical (unpaired) electrons. The zero-order chi connectivity index (χ0) is 15.5. The minimum absolute atomic E-state index is 0.00468. The summed E-state index contributed by atoms with van der Waals surface area (Å²) in [5.74, 6) is -0.956. The van der Waals surface area contributed by atoms with E-state index < -0.39 is 16.4 Å². The molecule has 0 amide bonds. The number of rotatable bonds is 6. The number of halogens is 1. The molecule has 0 aromatic heterocycles. The number of carboxylic acid groups (broad SMARTS) is 1. The predicted octanol–water partition coefficient (Wildman–Crippen LogP) is 3.72. The van der Waals surface area contributed by atoms with Crippen LogP contribution in [0.4, 0.5) is 11.4 Å². The SMILES string of the molecule is CCCC(C)(Nc1cc(C)c([N+](=O)[O-])cc1Br)C(=O)O. The molecule has 0 aliphatic carbocycles. The Morgan fingerprint density at radius 2 is 2.15 bits per heavy atom. The van der Waals surface area contributed by atoms with Gasteiger partial charge in [0.25, 0.3) is 5.69 Å². The van der Waals surface area contributed by atoms with Crippen LogP contribution in [-0.4, -0.2) is 21.5 Å². The van der Waals surface area contributed by atoms with Gasteiger partial charge in [0.05, 0.1) is 10.6 Å². The van der Waals surface area contributed by atoms with E-state index in [1.54, 1.807) is 19.9 Å². The number of nitro benzene ring substituents is 1. The number of nitrogens with one attached hydrogen (secondary N) is 1. The van der Waals surface area contributed by atoms with Gasteiger partial charge in [-0.3, -0.25) is 10.1 Å². The fourth-order valence-electron chi connectivity index (χ4n) is 1.98. The highest BCUT2D eigenvalue weighted by Gasteiger charge is 2.32. The topological polar surface area (TPSA) is 92.5 Å². The highest BCUT2D eigenvalue weighted by molar-refractivity contribution is 9.10. The van der Waals surface area contributed by atoms with Crippen LogP contribution in [0, 0.1) is 17.0 Å². The van der Waals surface area contributed by atoms with Gasteiger partial charge in [0, 0.05) is 16.1 Å². The van der Waals surface area contributed by atoms with Crippen molar-refractivity contribution in [3.8, 4) is 0 Å². The number of aryl methyl sites for hydroxylation is 1. The molecule has 0 fully saturated rings. The minimum atomic E-state index is -1.11. The van der Waals surface area contributed by atoms with Gasteiger partial charge in [-0.1, -0.05) is 13.3 Å². The van der Waals surface area contributed by atoms with E-state index in [9.17, 15) is 20.0 Å². The van der Waals surface area contributed by atoms with Crippen LogP contribution in [0.25, 0.3) is 0 Å². The normalized spacial score (nSPS) is 13.6. The summed E-state index contributed by atoms with van der Waals surface area (Å²) >= 11 is 3.24. The number of nitrogens with zero attached hydrogens (tertiary/aromatic N) is 1. The molecule has 1 aromatic carbocycles. The van der Waals surface area contributed by atoms with Crippen LogP contribution < -0.4 is 5.32 Å². The van der Waals surface area contributed by atoms with Gasteiger partial charge in [0.2, 0.25) is 0 Å². The van der Waals surface area contributed by atoms with E-state index in [-0.39, 0.29) is 5.69 Å². The summed E-state index contributed by atoms with van der Waals surface area (Å²) in [5.41, 5.74) is -0.105.